The van der Waals surface area contributed by atoms with Gasteiger partial charge in [0.05, 0.1) is 5.92 Å². The van der Waals surface area contributed by atoms with Gasteiger partial charge < -0.3 is 5.11 Å². The van der Waals surface area contributed by atoms with Crippen LogP contribution in [0.4, 0.5) is 0 Å². The van der Waals surface area contributed by atoms with Gasteiger partial charge in [0.15, 0.2) is 0 Å². The van der Waals surface area contributed by atoms with Crippen LogP contribution in [0.1, 0.15) is 52.4 Å². The van der Waals surface area contributed by atoms with Crippen molar-refractivity contribution in [3.05, 3.63) is 0 Å². The summed E-state index contributed by atoms with van der Waals surface area (Å²) in [7, 11) is 0. The van der Waals surface area contributed by atoms with Crippen LogP contribution < -0.4 is 0 Å². The minimum atomic E-state index is -0.618. The molecular formula is C10H20O2Sn. The summed E-state index contributed by atoms with van der Waals surface area (Å²) in [5.74, 6) is -0.713. The Hall–Kier alpha value is 0.269. The van der Waals surface area contributed by atoms with E-state index in [1.807, 2.05) is 6.92 Å². The molecule has 0 fully saturated rings. The van der Waals surface area contributed by atoms with Crippen LogP contribution in [-0.4, -0.2) is 35.0 Å². The quantitative estimate of drug-likeness (QED) is 0.578. The van der Waals surface area contributed by atoms with Gasteiger partial charge in [-0.05, 0) is 12.8 Å². The predicted molar refractivity (Wildman–Crippen MR) is 55.9 cm³/mol. The number of carboxylic acids is 1. The molecule has 3 heteroatoms. The van der Waals surface area contributed by atoms with E-state index >= 15 is 0 Å². The van der Waals surface area contributed by atoms with Crippen molar-refractivity contribution in [3.63, 3.8) is 0 Å². The summed E-state index contributed by atoms with van der Waals surface area (Å²) in [5, 5.41) is 8.80. The molecule has 0 aliphatic carbocycles. The maximum absolute atomic E-state index is 10.7. The van der Waals surface area contributed by atoms with Gasteiger partial charge in [-0.2, -0.15) is 0 Å². The molecule has 0 heterocycles. The molecule has 2 nitrogen and oxygen atoms in total. The molecule has 0 spiro atoms. The van der Waals surface area contributed by atoms with E-state index in [1.165, 1.54) is 6.42 Å². The van der Waals surface area contributed by atoms with Crippen molar-refractivity contribution in [2.75, 3.05) is 0 Å². The summed E-state index contributed by atoms with van der Waals surface area (Å²) in [6, 6.07) is 0. The Kier molecular flexibility index (Phi) is 12.5. The van der Waals surface area contributed by atoms with Crippen LogP contribution in [0.2, 0.25) is 0 Å². The van der Waals surface area contributed by atoms with E-state index in [9.17, 15) is 4.79 Å². The van der Waals surface area contributed by atoms with Crippen LogP contribution in [0.3, 0.4) is 0 Å². The summed E-state index contributed by atoms with van der Waals surface area (Å²) >= 11 is 0. The smallest absolute Gasteiger partial charge is 0.306 e. The molecule has 0 saturated heterocycles. The molecule has 0 aliphatic rings. The zero-order valence-electron chi connectivity index (χ0n) is 8.68. The Labute approximate surface area is 98.1 Å². The zero-order chi connectivity index (χ0) is 9.40. The fourth-order valence-corrected chi connectivity index (χ4v) is 1.38. The monoisotopic (exact) mass is 292 g/mol. The van der Waals surface area contributed by atoms with Gasteiger partial charge in [0.25, 0.3) is 0 Å². The number of carbonyl (C=O) groups is 1. The molecule has 1 unspecified atom stereocenters. The van der Waals surface area contributed by atoms with Crippen LogP contribution in [0, 0.1) is 5.92 Å². The molecule has 0 aromatic carbocycles. The van der Waals surface area contributed by atoms with E-state index in [1.54, 1.807) is 0 Å². The van der Waals surface area contributed by atoms with Gasteiger partial charge in [-0.15, -0.1) is 0 Å². The molecule has 0 aliphatic heterocycles. The van der Waals surface area contributed by atoms with Crippen molar-refractivity contribution in [1.82, 2.24) is 0 Å². The van der Waals surface area contributed by atoms with Gasteiger partial charge in [0.1, 0.15) is 0 Å². The average molecular weight is 291 g/mol. The summed E-state index contributed by atoms with van der Waals surface area (Å²) in [6.45, 7) is 4.17. The van der Waals surface area contributed by atoms with Gasteiger partial charge in [0, 0.05) is 23.9 Å². The molecule has 0 saturated carbocycles. The molecule has 1 atom stereocenters. The summed E-state index contributed by atoms with van der Waals surface area (Å²) in [4.78, 5) is 10.7. The maximum Gasteiger partial charge on any atom is 0.306 e. The second-order valence-corrected chi connectivity index (χ2v) is 3.32. The second kappa shape index (κ2) is 10.4. The summed E-state index contributed by atoms with van der Waals surface area (Å²) in [5.41, 5.74) is 0. The van der Waals surface area contributed by atoms with Crippen molar-refractivity contribution in [1.29, 1.82) is 0 Å². The van der Waals surface area contributed by atoms with E-state index in [0.717, 1.165) is 32.1 Å². The van der Waals surface area contributed by atoms with E-state index in [-0.39, 0.29) is 29.8 Å². The Morgan fingerprint density at radius 2 is 1.77 bits per heavy atom. The fourth-order valence-electron chi connectivity index (χ4n) is 1.38. The topological polar surface area (TPSA) is 37.3 Å². The van der Waals surface area contributed by atoms with E-state index in [4.69, 9.17) is 5.11 Å². The van der Waals surface area contributed by atoms with Crippen LogP contribution in [0.15, 0.2) is 0 Å². The second-order valence-electron chi connectivity index (χ2n) is 3.32. The van der Waals surface area contributed by atoms with Crippen LogP contribution in [-0.2, 0) is 4.79 Å². The minimum absolute atomic E-state index is 0. The molecule has 1 N–H and O–H groups in total. The van der Waals surface area contributed by atoms with Crippen molar-refractivity contribution in [2.24, 2.45) is 5.92 Å². The summed E-state index contributed by atoms with van der Waals surface area (Å²) < 4.78 is 0. The first-order chi connectivity index (χ1) is 5.72. The summed E-state index contributed by atoms with van der Waals surface area (Å²) in [6.07, 6.45) is 6.05. The van der Waals surface area contributed by atoms with Crippen LogP contribution in [0.25, 0.3) is 0 Å². The Morgan fingerprint density at radius 1 is 1.15 bits per heavy atom. The molecule has 13 heavy (non-hydrogen) atoms. The van der Waals surface area contributed by atoms with Gasteiger partial charge in [-0.3, -0.25) is 4.79 Å². The normalized spacial score (nSPS) is 11.8. The molecule has 0 bridgehead atoms. The standard InChI is InChI=1S/C10H20O2.Sn/c1-3-5-6-8-9(7-4-2)10(11)12;/h9H,3-8H2,1-2H3,(H,11,12);. The molecular weight excluding hydrogens is 271 g/mol. The van der Waals surface area contributed by atoms with Crippen molar-refractivity contribution >= 4 is 29.9 Å². The largest absolute Gasteiger partial charge is 0.481 e. The van der Waals surface area contributed by atoms with Crippen molar-refractivity contribution < 1.29 is 9.90 Å². The predicted octanol–water partition coefficient (Wildman–Crippen LogP) is 2.69. The first-order valence-corrected chi connectivity index (χ1v) is 4.95. The third-order valence-corrected chi connectivity index (χ3v) is 2.14. The SMILES string of the molecule is CCCCCC(CCC)C(=O)O.[Sn]. The number of hydrogen-bond acceptors (Lipinski definition) is 1. The van der Waals surface area contributed by atoms with E-state index in [2.05, 4.69) is 6.92 Å². The van der Waals surface area contributed by atoms with Crippen molar-refractivity contribution in [3.8, 4) is 0 Å². The van der Waals surface area contributed by atoms with Gasteiger partial charge in [-0.1, -0.05) is 39.5 Å². The Morgan fingerprint density at radius 3 is 2.15 bits per heavy atom. The number of hydrogen-bond donors (Lipinski definition) is 1. The molecule has 0 aromatic heterocycles. The first kappa shape index (κ1) is 15.7. The first-order valence-electron chi connectivity index (χ1n) is 4.95. The van der Waals surface area contributed by atoms with Gasteiger partial charge >= 0.3 is 5.97 Å². The minimum Gasteiger partial charge on any atom is -0.481 e. The average Bonchev–Trinajstić information content (AvgIpc) is 2.03. The molecule has 4 radical (unpaired) electrons. The number of aliphatic carboxylic acids is 1. The number of rotatable bonds is 7. The Bertz CT molecular complexity index is 126. The molecule has 76 valence electrons. The fraction of sp³-hybridized carbons (Fsp3) is 0.900. The third-order valence-electron chi connectivity index (χ3n) is 2.14. The van der Waals surface area contributed by atoms with E-state index in [0.29, 0.717) is 0 Å². The van der Waals surface area contributed by atoms with Gasteiger partial charge in [-0.25, -0.2) is 0 Å². The van der Waals surface area contributed by atoms with Crippen molar-refractivity contribution in [2.45, 2.75) is 52.4 Å². The van der Waals surface area contributed by atoms with Gasteiger partial charge in [0.2, 0.25) is 0 Å². The number of carboxylic acid groups (broad SMARTS) is 1. The van der Waals surface area contributed by atoms with Crippen LogP contribution in [0.5, 0.6) is 0 Å². The van der Waals surface area contributed by atoms with E-state index < -0.39 is 5.97 Å². The number of unbranched alkanes of at least 4 members (excludes halogenated alkanes) is 2. The molecule has 0 amide bonds. The Balaban J connectivity index is 0. The molecule has 0 aromatic rings. The van der Waals surface area contributed by atoms with Crippen LogP contribution >= 0.6 is 0 Å². The zero-order valence-corrected chi connectivity index (χ0v) is 11.5. The third kappa shape index (κ3) is 8.59. The molecule has 0 rings (SSSR count). The maximum atomic E-state index is 10.7.